The lowest BCUT2D eigenvalue weighted by Crippen LogP contribution is -2.39. The van der Waals surface area contributed by atoms with E-state index in [4.69, 9.17) is 0 Å². The summed E-state index contributed by atoms with van der Waals surface area (Å²) in [4.78, 5) is 12.7. The summed E-state index contributed by atoms with van der Waals surface area (Å²) in [6, 6.07) is 14.8. The molecule has 27 heavy (non-hydrogen) atoms. The molecule has 2 aromatic carbocycles. The molecule has 5 nitrogen and oxygen atoms in total. The van der Waals surface area contributed by atoms with Crippen molar-refractivity contribution in [3.05, 3.63) is 65.2 Å². The van der Waals surface area contributed by atoms with Crippen LogP contribution in [0.15, 0.2) is 48.5 Å². The Labute approximate surface area is 162 Å². The maximum absolute atomic E-state index is 12.7. The lowest BCUT2D eigenvalue weighted by molar-refractivity contribution is -0.116. The van der Waals surface area contributed by atoms with E-state index in [0.29, 0.717) is 0 Å². The summed E-state index contributed by atoms with van der Waals surface area (Å²) in [6.45, 7) is 5.63. The third-order valence-corrected chi connectivity index (χ3v) is 6.00. The highest BCUT2D eigenvalue weighted by Crippen LogP contribution is 2.25. The molecular weight excluding hydrogens is 360 g/mol. The highest BCUT2D eigenvalue weighted by atomic mass is 32.2. The first-order valence-electron chi connectivity index (χ1n) is 9.20. The molecular formula is C21H28N2O3S. The van der Waals surface area contributed by atoms with E-state index < -0.39 is 16.1 Å². The fourth-order valence-corrected chi connectivity index (χ4v) is 4.21. The van der Waals surface area contributed by atoms with Crippen molar-refractivity contribution >= 4 is 21.6 Å². The number of benzene rings is 2. The monoisotopic (exact) mass is 388 g/mol. The van der Waals surface area contributed by atoms with Crippen LogP contribution >= 0.6 is 0 Å². The Morgan fingerprint density at radius 3 is 2.04 bits per heavy atom. The van der Waals surface area contributed by atoms with Crippen LogP contribution in [0.3, 0.4) is 0 Å². The zero-order valence-electron chi connectivity index (χ0n) is 16.4. The Balaban J connectivity index is 2.26. The molecule has 2 rings (SSSR count). The van der Waals surface area contributed by atoms with E-state index in [1.54, 1.807) is 6.92 Å². The number of carbonyl (C=O) groups excluding carboxylic acids is 1. The van der Waals surface area contributed by atoms with Gasteiger partial charge in [0.15, 0.2) is 0 Å². The molecule has 2 aromatic rings. The molecule has 0 aliphatic carbocycles. The molecule has 0 radical (unpaired) electrons. The topological polar surface area (TPSA) is 66.5 Å². The highest BCUT2D eigenvalue weighted by molar-refractivity contribution is 7.88. The van der Waals surface area contributed by atoms with E-state index in [2.05, 4.69) is 5.32 Å². The van der Waals surface area contributed by atoms with Crippen LogP contribution in [0.2, 0.25) is 0 Å². The number of hydrogen-bond acceptors (Lipinski definition) is 3. The van der Waals surface area contributed by atoms with Gasteiger partial charge < -0.3 is 5.32 Å². The molecule has 0 heterocycles. The van der Waals surface area contributed by atoms with Crippen LogP contribution in [-0.2, 0) is 27.7 Å². The number of nitrogens with one attached hydrogen (secondary N) is 1. The van der Waals surface area contributed by atoms with E-state index >= 15 is 0 Å². The van der Waals surface area contributed by atoms with Crippen LogP contribution in [0.4, 0.5) is 5.69 Å². The number of amides is 1. The second-order valence-electron chi connectivity index (χ2n) is 6.60. The zero-order chi connectivity index (χ0) is 20.0. The Morgan fingerprint density at radius 2 is 1.56 bits per heavy atom. The van der Waals surface area contributed by atoms with Gasteiger partial charge in [0.25, 0.3) is 0 Å². The van der Waals surface area contributed by atoms with E-state index in [0.717, 1.165) is 41.5 Å². The number of nitrogens with zero attached hydrogens (tertiary/aromatic N) is 1. The first-order chi connectivity index (χ1) is 12.8. The van der Waals surface area contributed by atoms with Crippen molar-refractivity contribution in [2.24, 2.45) is 0 Å². The summed E-state index contributed by atoms with van der Waals surface area (Å²) < 4.78 is 25.9. The third kappa shape index (κ3) is 5.40. The van der Waals surface area contributed by atoms with Gasteiger partial charge in [0.05, 0.1) is 12.8 Å². The van der Waals surface area contributed by atoms with Crippen LogP contribution in [-0.4, -0.2) is 31.4 Å². The van der Waals surface area contributed by atoms with Gasteiger partial charge in [-0.2, -0.15) is 4.31 Å². The number of aryl methyl sites for hydroxylation is 2. The Morgan fingerprint density at radius 1 is 1.00 bits per heavy atom. The van der Waals surface area contributed by atoms with Gasteiger partial charge in [-0.15, -0.1) is 0 Å². The molecule has 0 aromatic heterocycles. The van der Waals surface area contributed by atoms with Gasteiger partial charge in [0.1, 0.15) is 0 Å². The first kappa shape index (κ1) is 21.1. The van der Waals surface area contributed by atoms with Crippen LogP contribution in [0, 0.1) is 0 Å². The summed E-state index contributed by atoms with van der Waals surface area (Å²) in [5.74, 6) is -0.334. The van der Waals surface area contributed by atoms with Gasteiger partial charge in [-0.25, -0.2) is 8.42 Å². The summed E-state index contributed by atoms with van der Waals surface area (Å²) >= 11 is 0. The van der Waals surface area contributed by atoms with Gasteiger partial charge in [-0.1, -0.05) is 62.4 Å². The van der Waals surface area contributed by atoms with E-state index in [-0.39, 0.29) is 12.5 Å². The predicted octanol–water partition coefficient (Wildman–Crippen LogP) is 3.77. The number of carbonyl (C=O) groups is 1. The minimum absolute atomic E-state index is 0.226. The Bertz CT molecular complexity index is 857. The number of anilines is 1. The molecule has 0 saturated heterocycles. The van der Waals surface area contributed by atoms with Crippen molar-refractivity contribution < 1.29 is 13.2 Å². The van der Waals surface area contributed by atoms with Gasteiger partial charge in [-0.3, -0.25) is 4.79 Å². The van der Waals surface area contributed by atoms with Crippen molar-refractivity contribution in [3.8, 4) is 0 Å². The largest absolute Gasteiger partial charge is 0.324 e. The molecule has 6 heteroatoms. The summed E-state index contributed by atoms with van der Waals surface area (Å²) in [5.41, 5.74) is 3.74. The lowest BCUT2D eigenvalue weighted by atomic mass is 10.0. The number of rotatable bonds is 8. The summed E-state index contributed by atoms with van der Waals surface area (Å²) in [6.07, 6.45) is 2.72. The van der Waals surface area contributed by atoms with Crippen LogP contribution in [0.1, 0.15) is 43.5 Å². The zero-order valence-corrected chi connectivity index (χ0v) is 17.2. The maximum atomic E-state index is 12.7. The number of sulfonamides is 1. The molecule has 146 valence electrons. The molecule has 1 unspecified atom stereocenters. The molecule has 1 N–H and O–H groups in total. The van der Waals surface area contributed by atoms with Crippen LogP contribution < -0.4 is 5.32 Å². The summed E-state index contributed by atoms with van der Waals surface area (Å²) in [7, 11) is -3.56. The normalized spacial score (nSPS) is 12.8. The fraction of sp³-hybridized carbons (Fsp3) is 0.381. The van der Waals surface area contributed by atoms with Crippen LogP contribution in [0.25, 0.3) is 0 Å². The van der Waals surface area contributed by atoms with Crippen molar-refractivity contribution in [2.75, 3.05) is 18.1 Å². The highest BCUT2D eigenvalue weighted by Gasteiger charge is 2.27. The third-order valence-electron chi connectivity index (χ3n) is 4.70. The van der Waals surface area contributed by atoms with Crippen molar-refractivity contribution in [1.29, 1.82) is 0 Å². The Hall–Kier alpha value is -2.18. The second kappa shape index (κ2) is 9.15. The molecule has 0 aliphatic rings. The molecule has 0 bridgehead atoms. The molecule has 0 aliphatic heterocycles. The minimum Gasteiger partial charge on any atom is -0.324 e. The summed E-state index contributed by atoms with van der Waals surface area (Å²) in [5, 5.41) is 2.94. The molecule has 0 saturated carbocycles. The van der Waals surface area contributed by atoms with Crippen molar-refractivity contribution in [3.63, 3.8) is 0 Å². The van der Waals surface area contributed by atoms with Gasteiger partial charge in [0.2, 0.25) is 15.9 Å². The molecule has 0 fully saturated rings. The predicted molar refractivity (Wildman–Crippen MR) is 110 cm³/mol. The number of hydrogen-bond donors (Lipinski definition) is 1. The average Bonchev–Trinajstić information content (AvgIpc) is 2.65. The van der Waals surface area contributed by atoms with E-state index in [9.17, 15) is 13.2 Å². The van der Waals surface area contributed by atoms with Crippen LogP contribution in [0.5, 0.6) is 0 Å². The smallest absolute Gasteiger partial charge is 0.239 e. The fourth-order valence-electron chi connectivity index (χ4n) is 3.16. The minimum atomic E-state index is -3.56. The first-order valence-corrected chi connectivity index (χ1v) is 11.0. The van der Waals surface area contributed by atoms with Gasteiger partial charge in [0, 0.05) is 11.7 Å². The van der Waals surface area contributed by atoms with E-state index in [1.807, 2.05) is 62.4 Å². The molecule has 0 spiro atoms. The molecule has 1 amide bonds. The van der Waals surface area contributed by atoms with Crippen molar-refractivity contribution in [2.45, 2.75) is 39.7 Å². The standard InChI is InChI=1S/C21H28N2O3S/c1-5-17-13-10-14-18(6-2)21(17)22-20(24)15-23(27(4,25)26)16(3)19-11-8-7-9-12-19/h7-14,16H,5-6,15H2,1-4H3,(H,22,24). The SMILES string of the molecule is CCc1cccc(CC)c1NC(=O)CN(C(C)c1ccccc1)S(C)(=O)=O. The Kier molecular flexibility index (Phi) is 7.16. The van der Waals surface area contributed by atoms with E-state index in [1.165, 1.54) is 4.31 Å². The molecule has 1 atom stereocenters. The van der Waals surface area contributed by atoms with Gasteiger partial charge in [-0.05, 0) is 36.5 Å². The quantitative estimate of drug-likeness (QED) is 0.748. The lowest BCUT2D eigenvalue weighted by Gasteiger charge is -2.27. The second-order valence-corrected chi connectivity index (χ2v) is 8.54. The van der Waals surface area contributed by atoms with Gasteiger partial charge >= 0.3 is 0 Å². The van der Waals surface area contributed by atoms with Crippen molar-refractivity contribution in [1.82, 2.24) is 4.31 Å². The average molecular weight is 389 g/mol. The number of para-hydroxylation sites is 1. The maximum Gasteiger partial charge on any atom is 0.239 e.